The Morgan fingerprint density at radius 3 is 2.47 bits per heavy atom. The molecule has 1 fully saturated rings. The predicted molar refractivity (Wildman–Crippen MR) is 127 cm³/mol. The number of aryl methyl sites for hydroxylation is 1. The first-order chi connectivity index (χ1) is 16.5. The molecule has 1 saturated heterocycles. The lowest BCUT2D eigenvalue weighted by Crippen LogP contribution is -2.44. The third-order valence-corrected chi connectivity index (χ3v) is 6.91. The average molecular weight is 451 g/mol. The van der Waals surface area contributed by atoms with Crippen LogP contribution in [0.2, 0.25) is 0 Å². The maximum absolute atomic E-state index is 13.9. The highest BCUT2D eigenvalue weighted by molar-refractivity contribution is 6.23. The number of nitrogens with zero attached hydrogens (tertiary/aromatic N) is 2. The molecule has 2 aliphatic rings. The fourth-order valence-corrected chi connectivity index (χ4v) is 5.36. The summed E-state index contributed by atoms with van der Waals surface area (Å²) < 4.78 is 0. The van der Waals surface area contributed by atoms with E-state index in [9.17, 15) is 19.5 Å². The lowest BCUT2D eigenvalue weighted by Gasteiger charge is -2.36. The van der Waals surface area contributed by atoms with Gasteiger partial charge in [0.05, 0.1) is 11.3 Å². The monoisotopic (exact) mass is 451 g/mol. The molecule has 0 bridgehead atoms. The second-order valence-corrected chi connectivity index (χ2v) is 8.73. The van der Waals surface area contributed by atoms with Gasteiger partial charge in [-0.3, -0.25) is 9.69 Å². The number of H-pyrrole nitrogens is 1. The Balaban J connectivity index is 1.57. The summed E-state index contributed by atoms with van der Waals surface area (Å²) in [6, 6.07) is 20.1. The minimum Gasteiger partial charge on any atom is -0.478 e. The maximum Gasteiger partial charge on any atom is 0.337 e. The fraction of sp³-hybridized carbons (Fsp3) is 0.148. The normalized spacial score (nSPS) is 19.4. The summed E-state index contributed by atoms with van der Waals surface area (Å²) in [5, 5.41) is 10.7. The van der Waals surface area contributed by atoms with Gasteiger partial charge in [0.25, 0.3) is 5.91 Å². The molecule has 2 N–H and O–H groups in total. The van der Waals surface area contributed by atoms with Crippen LogP contribution in [0.25, 0.3) is 10.9 Å². The van der Waals surface area contributed by atoms with Gasteiger partial charge in [0.15, 0.2) is 0 Å². The van der Waals surface area contributed by atoms with Crippen LogP contribution >= 0.6 is 0 Å². The first-order valence-electron chi connectivity index (χ1n) is 11.1. The minimum atomic E-state index is -1.19. The maximum atomic E-state index is 13.9. The second-order valence-electron chi connectivity index (χ2n) is 8.73. The van der Waals surface area contributed by atoms with E-state index in [4.69, 9.17) is 0 Å². The zero-order chi connectivity index (χ0) is 23.6. The number of anilines is 1. The predicted octanol–water partition coefficient (Wildman–Crippen LogP) is 4.66. The summed E-state index contributed by atoms with van der Waals surface area (Å²) in [5.74, 6) is -1.60. The summed E-state index contributed by atoms with van der Waals surface area (Å²) in [4.78, 5) is 45.6. The van der Waals surface area contributed by atoms with Crippen LogP contribution < -0.4 is 4.90 Å². The lowest BCUT2D eigenvalue weighted by molar-refractivity contribution is -0.120. The Labute approximate surface area is 195 Å². The van der Waals surface area contributed by atoms with Crippen molar-refractivity contribution in [1.29, 1.82) is 0 Å². The first kappa shape index (κ1) is 20.2. The van der Waals surface area contributed by atoms with Crippen LogP contribution in [0.1, 0.15) is 38.8 Å². The number of benzene rings is 3. The van der Waals surface area contributed by atoms with Gasteiger partial charge in [0.1, 0.15) is 12.1 Å². The standard InChI is InChI=1S/C27H21N3O4/c1-15-8-2-3-9-16(15)24-23-19(17-10-4-6-12-20(17)28-23)14-22-25(31)30(27(34)29(22)24)21-13-7-5-11-18(21)26(32)33/h2-13,22,24,28H,14H2,1H3,(H,32,33)/t22-,24-/m0/s1. The number of hydrogen-bond donors (Lipinski definition) is 2. The molecule has 34 heavy (non-hydrogen) atoms. The molecular weight excluding hydrogens is 430 g/mol. The SMILES string of the molecule is Cc1ccccc1[C@H]1c2[nH]c3ccccc3c2C[C@H]2C(=O)N(c3ccccc3C(=O)O)C(=O)N12. The van der Waals surface area contributed by atoms with Gasteiger partial charge < -0.3 is 10.1 Å². The number of para-hydroxylation sites is 2. The molecule has 6 rings (SSSR count). The van der Waals surface area contributed by atoms with Crippen molar-refractivity contribution in [3.8, 4) is 0 Å². The molecule has 0 aliphatic carbocycles. The van der Waals surface area contributed by atoms with Gasteiger partial charge in [0.2, 0.25) is 0 Å². The number of carboxylic acids is 1. The van der Waals surface area contributed by atoms with Crippen molar-refractivity contribution >= 4 is 34.5 Å². The van der Waals surface area contributed by atoms with Crippen LogP contribution in [0.5, 0.6) is 0 Å². The number of carbonyl (C=O) groups excluding carboxylic acids is 2. The van der Waals surface area contributed by atoms with Gasteiger partial charge in [-0.15, -0.1) is 0 Å². The smallest absolute Gasteiger partial charge is 0.337 e. The quantitative estimate of drug-likeness (QED) is 0.443. The number of carbonyl (C=O) groups is 3. The zero-order valence-electron chi connectivity index (χ0n) is 18.4. The van der Waals surface area contributed by atoms with Crippen LogP contribution in [-0.4, -0.2) is 38.9 Å². The molecule has 0 saturated carbocycles. The van der Waals surface area contributed by atoms with Crippen LogP contribution in [0, 0.1) is 6.92 Å². The number of carboxylic acid groups (broad SMARTS) is 1. The number of rotatable bonds is 3. The topological polar surface area (TPSA) is 93.7 Å². The van der Waals surface area contributed by atoms with Crippen molar-refractivity contribution in [3.05, 3.63) is 101 Å². The number of aromatic carboxylic acids is 1. The highest BCUT2D eigenvalue weighted by Crippen LogP contribution is 2.45. The molecule has 1 aromatic heterocycles. The Morgan fingerprint density at radius 1 is 0.971 bits per heavy atom. The molecule has 3 heterocycles. The van der Waals surface area contributed by atoms with E-state index in [1.807, 2.05) is 55.5 Å². The van der Waals surface area contributed by atoms with Crippen molar-refractivity contribution in [1.82, 2.24) is 9.88 Å². The van der Waals surface area contributed by atoms with E-state index in [-0.39, 0.29) is 11.3 Å². The van der Waals surface area contributed by atoms with Gasteiger partial charge in [-0.2, -0.15) is 0 Å². The minimum absolute atomic E-state index is 0.0829. The number of aromatic nitrogens is 1. The molecule has 3 aromatic carbocycles. The number of imide groups is 1. The molecule has 0 spiro atoms. The van der Waals surface area contributed by atoms with E-state index in [1.165, 1.54) is 12.1 Å². The zero-order valence-corrected chi connectivity index (χ0v) is 18.4. The van der Waals surface area contributed by atoms with Crippen molar-refractivity contribution in [3.63, 3.8) is 0 Å². The third-order valence-electron chi connectivity index (χ3n) is 6.91. The number of aromatic amines is 1. The molecule has 168 valence electrons. The Hall–Kier alpha value is -4.39. The van der Waals surface area contributed by atoms with Gasteiger partial charge >= 0.3 is 12.0 Å². The van der Waals surface area contributed by atoms with E-state index in [0.717, 1.165) is 38.2 Å². The van der Waals surface area contributed by atoms with Gasteiger partial charge in [-0.1, -0.05) is 54.6 Å². The highest BCUT2D eigenvalue weighted by atomic mass is 16.4. The van der Waals surface area contributed by atoms with Crippen molar-refractivity contribution in [2.75, 3.05) is 4.90 Å². The average Bonchev–Trinajstić information content (AvgIpc) is 3.33. The summed E-state index contributed by atoms with van der Waals surface area (Å²) >= 11 is 0. The molecule has 0 radical (unpaired) electrons. The van der Waals surface area contributed by atoms with Crippen LogP contribution in [-0.2, 0) is 11.2 Å². The molecule has 7 heteroatoms. The van der Waals surface area contributed by atoms with Crippen LogP contribution in [0.4, 0.5) is 10.5 Å². The van der Waals surface area contributed by atoms with Crippen LogP contribution in [0.15, 0.2) is 72.8 Å². The number of amides is 3. The largest absolute Gasteiger partial charge is 0.478 e. The van der Waals surface area contributed by atoms with Crippen molar-refractivity contribution < 1.29 is 19.5 Å². The number of urea groups is 1. The first-order valence-corrected chi connectivity index (χ1v) is 11.1. The van der Waals surface area contributed by atoms with E-state index < -0.39 is 30.0 Å². The van der Waals surface area contributed by atoms with Gasteiger partial charge in [-0.25, -0.2) is 14.5 Å². The Kier molecular flexibility index (Phi) is 4.35. The van der Waals surface area contributed by atoms with E-state index in [2.05, 4.69) is 4.98 Å². The molecule has 4 aromatic rings. The molecule has 0 unspecified atom stereocenters. The molecule has 7 nitrogen and oxygen atoms in total. The van der Waals surface area contributed by atoms with Crippen LogP contribution in [0.3, 0.4) is 0 Å². The summed E-state index contributed by atoms with van der Waals surface area (Å²) in [5.41, 5.74) is 4.80. The summed E-state index contributed by atoms with van der Waals surface area (Å²) in [7, 11) is 0. The number of fused-ring (bicyclic) bond motifs is 4. The molecule has 2 atom stereocenters. The molecular formula is C27H21N3O4. The lowest BCUT2D eigenvalue weighted by atomic mass is 9.87. The van der Waals surface area contributed by atoms with Gasteiger partial charge in [-0.05, 0) is 41.8 Å². The highest BCUT2D eigenvalue weighted by Gasteiger charge is 2.53. The van der Waals surface area contributed by atoms with Crippen molar-refractivity contribution in [2.24, 2.45) is 0 Å². The Morgan fingerprint density at radius 2 is 1.68 bits per heavy atom. The summed E-state index contributed by atoms with van der Waals surface area (Å²) in [6.07, 6.45) is 0.359. The fourth-order valence-electron chi connectivity index (χ4n) is 5.36. The summed E-state index contributed by atoms with van der Waals surface area (Å²) in [6.45, 7) is 1.99. The number of hydrogen-bond acceptors (Lipinski definition) is 3. The van der Waals surface area contributed by atoms with Gasteiger partial charge in [0, 0.05) is 23.0 Å². The Bertz CT molecular complexity index is 1500. The molecule has 2 aliphatic heterocycles. The second kappa shape index (κ2) is 7.31. The third kappa shape index (κ3) is 2.73. The van der Waals surface area contributed by atoms with E-state index in [0.29, 0.717) is 6.42 Å². The van der Waals surface area contributed by atoms with E-state index in [1.54, 1.807) is 17.0 Å². The van der Waals surface area contributed by atoms with E-state index >= 15 is 0 Å². The van der Waals surface area contributed by atoms with Crippen molar-refractivity contribution in [2.45, 2.75) is 25.4 Å². The number of nitrogens with one attached hydrogen (secondary N) is 1. The molecule has 3 amide bonds.